The number of ether oxygens (including phenoxy) is 2. The number of nitrogens with one attached hydrogen (secondary N) is 2. The van der Waals surface area contributed by atoms with Crippen LogP contribution in [0.15, 0.2) is 35.6 Å². The molecule has 2 N–H and O–H groups in total. The van der Waals surface area contributed by atoms with E-state index in [1.165, 1.54) is 0 Å². The van der Waals surface area contributed by atoms with Crippen LogP contribution in [-0.2, 0) is 16.1 Å². The summed E-state index contributed by atoms with van der Waals surface area (Å²) in [6, 6.07) is 7.60. The lowest BCUT2D eigenvalue weighted by atomic mass is 10.2. The molecule has 2 aromatic heterocycles. The molecule has 0 aliphatic rings. The molecular formula is C22H30N6O3S. The third kappa shape index (κ3) is 6.83. The number of aryl methyl sites for hydroxylation is 1. The summed E-state index contributed by atoms with van der Waals surface area (Å²) in [6.07, 6.45) is 1.75. The van der Waals surface area contributed by atoms with Crippen molar-refractivity contribution in [2.75, 3.05) is 44.0 Å². The SMILES string of the molecule is CCOCCNc1nc(SCC)nc2c1cnn2CCNC(=O)COc1ccc(C)cc1. The molecule has 0 aliphatic carbocycles. The standard InChI is InChI=1S/C22H30N6O3S/c1-4-30-13-11-24-20-18-14-25-28(21(18)27-22(26-20)32-5-2)12-10-23-19(29)15-31-17-8-6-16(3)7-9-17/h6-9,14H,4-5,10-13,15H2,1-3H3,(H,23,29)(H,24,26,27). The van der Waals surface area contributed by atoms with Crippen LogP contribution >= 0.6 is 11.8 Å². The van der Waals surface area contributed by atoms with Crippen molar-refractivity contribution < 1.29 is 14.3 Å². The Balaban J connectivity index is 1.58. The molecule has 0 spiro atoms. The zero-order valence-electron chi connectivity index (χ0n) is 18.8. The van der Waals surface area contributed by atoms with Gasteiger partial charge in [0, 0.05) is 19.7 Å². The van der Waals surface area contributed by atoms with Crippen molar-refractivity contribution in [3.05, 3.63) is 36.0 Å². The summed E-state index contributed by atoms with van der Waals surface area (Å²) in [5.74, 6) is 2.10. The summed E-state index contributed by atoms with van der Waals surface area (Å²) in [5, 5.41) is 12.2. The Bertz CT molecular complexity index is 1010. The van der Waals surface area contributed by atoms with Gasteiger partial charge in [-0.3, -0.25) is 4.79 Å². The zero-order valence-corrected chi connectivity index (χ0v) is 19.6. The van der Waals surface area contributed by atoms with Crippen molar-refractivity contribution >= 4 is 34.5 Å². The Hall–Kier alpha value is -2.85. The van der Waals surface area contributed by atoms with Gasteiger partial charge in [0.25, 0.3) is 5.91 Å². The molecule has 0 atom stereocenters. The summed E-state index contributed by atoms with van der Waals surface area (Å²) < 4.78 is 12.7. The van der Waals surface area contributed by atoms with Crippen molar-refractivity contribution in [3.63, 3.8) is 0 Å². The second-order valence-electron chi connectivity index (χ2n) is 6.97. The van der Waals surface area contributed by atoms with Crippen LogP contribution < -0.4 is 15.4 Å². The Morgan fingerprint density at radius 2 is 1.97 bits per heavy atom. The number of aromatic nitrogens is 4. The molecule has 0 saturated heterocycles. The molecule has 32 heavy (non-hydrogen) atoms. The minimum atomic E-state index is -0.183. The first-order valence-corrected chi connectivity index (χ1v) is 11.7. The number of hydrogen-bond donors (Lipinski definition) is 2. The monoisotopic (exact) mass is 458 g/mol. The van der Waals surface area contributed by atoms with E-state index in [0.29, 0.717) is 43.8 Å². The molecule has 0 fully saturated rings. The fourth-order valence-electron chi connectivity index (χ4n) is 2.95. The maximum atomic E-state index is 12.1. The van der Waals surface area contributed by atoms with E-state index >= 15 is 0 Å². The van der Waals surface area contributed by atoms with E-state index in [-0.39, 0.29) is 12.5 Å². The van der Waals surface area contributed by atoms with E-state index in [1.807, 2.05) is 38.1 Å². The number of carbonyl (C=O) groups excluding carboxylic acids is 1. The first-order valence-electron chi connectivity index (χ1n) is 10.7. The van der Waals surface area contributed by atoms with Crippen molar-refractivity contribution in [2.45, 2.75) is 32.5 Å². The average Bonchev–Trinajstić information content (AvgIpc) is 3.19. The molecule has 0 bridgehead atoms. The largest absolute Gasteiger partial charge is 0.484 e. The van der Waals surface area contributed by atoms with Crippen LogP contribution in [0.1, 0.15) is 19.4 Å². The normalized spacial score (nSPS) is 11.0. The van der Waals surface area contributed by atoms with Gasteiger partial charge in [-0.15, -0.1) is 0 Å². The Morgan fingerprint density at radius 1 is 1.16 bits per heavy atom. The van der Waals surface area contributed by atoms with Crippen LogP contribution in [0.3, 0.4) is 0 Å². The fourth-order valence-corrected chi connectivity index (χ4v) is 3.51. The van der Waals surface area contributed by atoms with Gasteiger partial charge >= 0.3 is 0 Å². The van der Waals surface area contributed by atoms with Crippen LogP contribution in [0.4, 0.5) is 5.82 Å². The Kier molecular flexibility index (Phi) is 9.12. The highest BCUT2D eigenvalue weighted by Gasteiger charge is 2.13. The molecule has 0 radical (unpaired) electrons. The molecule has 1 amide bonds. The van der Waals surface area contributed by atoms with E-state index in [9.17, 15) is 4.79 Å². The number of carbonyl (C=O) groups is 1. The average molecular weight is 459 g/mol. The Labute approximate surface area is 192 Å². The lowest BCUT2D eigenvalue weighted by Gasteiger charge is -2.10. The van der Waals surface area contributed by atoms with Gasteiger partial charge in [-0.05, 0) is 31.7 Å². The lowest BCUT2D eigenvalue weighted by Crippen LogP contribution is -2.31. The van der Waals surface area contributed by atoms with Crippen molar-refractivity contribution in [1.29, 1.82) is 0 Å². The summed E-state index contributed by atoms with van der Waals surface area (Å²) in [7, 11) is 0. The highest BCUT2D eigenvalue weighted by Crippen LogP contribution is 2.24. The van der Waals surface area contributed by atoms with Gasteiger partial charge in [0.2, 0.25) is 0 Å². The van der Waals surface area contributed by atoms with Crippen LogP contribution in [0.2, 0.25) is 0 Å². The fraction of sp³-hybridized carbons (Fsp3) is 0.455. The summed E-state index contributed by atoms with van der Waals surface area (Å²) in [6.45, 7) is 8.84. The van der Waals surface area contributed by atoms with Gasteiger partial charge in [0.15, 0.2) is 17.4 Å². The molecule has 10 heteroatoms. The molecule has 1 aromatic carbocycles. The molecule has 172 valence electrons. The molecule has 9 nitrogen and oxygen atoms in total. The van der Waals surface area contributed by atoms with E-state index in [2.05, 4.69) is 32.6 Å². The predicted molar refractivity (Wildman–Crippen MR) is 126 cm³/mol. The molecule has 3 rings (SSSR count). The number of anilines is 1. The van der Waals surface area contributed by atoms with Crippen molar-refractivity contribution in [1.82, 2.24) is 25.1 Å². The van der Waals surface area contributed by atoms with Gasteiger partial charge in [0.1, 0.15) is 11.6 Å². The minimum Gasteiger partial charge on any atom is -0.484 e. The van der Waals surface area contributed by atoms with Gasteiger partial charge < -0.3 is 20.1 Å². The van der Waals surface area contributed by atoms with Crippen LogP contribution in [-0.4, -0.2) is 64.3 Å². The number of nitrogens with zero attached hydrogens (tertiary/aromatic N) is 4. The van der Waals surface area contributed by atoms with Crippen molar-refractivity contribution in [3.8, 4) is 5.75 Å². The molecule has 0 unspecified atom stereocenters. The second-order valence-corrected chi connectivity index (χ2v) is 8.20. The van der Waals surface area contributed by atoms with E-state index in [0.717, 1.165) is 28.2 Å². The number of hydrogen-bond acceptors (Lipinski definition) is 8. The third-order valence-corrected chi connectivity index (χ3v) is 5.26. The first kappa shape index (κ1) is 23.8. The van der Waals surface area contributed by atoms with Gasteiger partial charge in [-0.1, -0.05) is 36.4 Å². The highest BCUT2D eigenvalue weighted by molar-refractivity contribution is 7.99. The smallest absolute Gasteiger partial charge is 0.258 e. The van der Waals surface area contributed by atoms with Gasteiger partial charge in [-0.25, -0.2) is 14.6 Å². The van der Waals surface area contributed by atoms with Crippen molar-refractivity contribution in [2.24, 2.45) is 0 Å². The molecular weight excluding hydrogens is 428 g/mol. The minimum absolute atomic E-state index is 0.0315. The van der Waals surface area contributed by atoms with E-state index < -0.39 is 0 Å². The quantitative estimate of drug-likeness (QED) is 0.229. The predicted octanol–water partition coefficient (Wildman–Crippen LogP) is 2.89. The summed E-state index contributed by atoms with van der Waals surface area (Å²) >= 11 is 1.57. The Morgan fingerprint density at radius 3 is 2.72 bits per heavy atom. The maximum absolute atomic E-state index is 12.1. The molecule has 3 aromatic rings. The topological polar surface area (TPSA) is 103 Å². The number of rotatable bonds is 13. The van der Waals surface area contributed by atoms with Gasteiger partial charge in [-0.2, -0.15) is 5.10 Å². The molecule has 2 heterocycles. The number of fused-ring (bicyclic) bond motifs is 1. The van der Waals surface area contributed by atoms with E-state index in [1.54, 1.807) is 22.6 Å². The number of benzene rings is 1. The number of amides is 1. The maximum Gasteiger partial charge on any atom is 0.258 e. The molecule has 0 aliphatic heterocycles. The summed E-state index contributed by atoms with van der Waals surface area (Å²) in [5.41, 5.74) is 1.88. The van der Waals surface area contributed by atoms with Crippen LogP contribution in [0, 0.1) is 6.92 Å². The summed E-state index contributed by atoms with van der Waals surface area (Å²) in [4.78, 5) is 21.4. The first-order chi connectivity index (χ1) is 15.6. The van der Waals surface area contributed by atoms with E-state index in [4.69, 9.17) is 9.47 Å². The second kappa shape index (κ2) is 12.3. The van der Waals surface area contributed by atoms with Crippen LogP contribution in [0.25, 0.3) is 11.0 Å². The van der Waals surface area contributed by atoms with Crippen LogP contribution in [0.5, 0.6) is 5.75 Å². The highest BCUT2D eigenvalue weighted by atomic mass is 32.2. The van der Waals surface area contributed by atoms with Gasteiger partial charge in [0.05, 0.1) is 24.7 Å². The zero-order chi connectivity index (χ0) is 22.8. The third-order valence-electron chi connectivity index (χ3n) is 4.53. The number of thioether (sulfide) groups is 1. The molecule has 0 saturated carbocycles. The lowest BCUT2D eigenvalue weighted by molar-refractivity contribution is -0.123.